The minimum Gasteiger partial charge on any atom is -0.381 e. The van der Waals surface area contributed by atoms with Crippen LogP contribution in [0.2, 0.25) is 0 Å². The fourth-order valence-corrected chi connectivity index (χ4v) is 4.78. The third kappa shape index (κ3) is 5.12. The predicted octanol–water partition coefficient (Wildman–Crippen LogP) is 5.15. The van der Waals surface area contributed by atoms with E-state index in [4.69, 9.17) is 4.74 Å². The second-order valence-corrected chi connectivity index (χ2v) is 8.95. The van der Waals surface area contributed by atoms with Crippen LogP contribution < -0.4 is 5.32 Å². The number of carbonyl (C=O) groups excluding carboxylic acids is 1. The molecular formula is C24H27N3O2S. The fourth-order valence-electron chi connectivity index (χ4n) is 3.64. The van der Waals surface area contributed by atoms with E-state index < -0.39 is 0 Å². The maximum atomic E-state index is 12.7. The number of nitrogens with zero attached hydrogens (tertiary/aromatic N) is 2. The fraction of sp³-hybridized carbons (Fsp3) is 0.333. The predicted molar refractivity (Wildman–Crippen MR) is 123 cm³/mol. The zero-order valence-corrected chi connectivity index (χ0v) is 18.2. The van der Waals surface area contributed by atoms with Gasteiger partial charge in [-0.25, -0.2) is 4.68 Å². The van der Waals surface area contributed by atoms with Gasteiger partial charge in [-0.2, -0.15) is 16.9 Å². The number of anilines is 1. The van der Waals surface area contributed by atoms with E-state index in [1.807, 2.05) is 72.8 Å². The number of aryl methyl sites for hydroxylation is 2. The lowest BCUT2D eigenvalue weighted by Gasteiger charge is -2.21. The van der Waals surface area contributed by atoms with Gasteiger partial charge in [-0.1, -0.05) is 12.1 Å². The summed E-state index contributed by atoms with van der Waals surface area (Å²) in [5.74, 6) is 0.843. The van der Waals surface area contributed by atoms with Crippen LogP contribution in [0.1, 0.15) is 40.2 Å². The molecule has 1 N–H and O–H groups in total. The summed E-state index contributed by atoms with van der Waals surface area (Å²) in [6, 6.07) is 17.7. The molecule has 2 heterocycles. The maximum Gasteiger partial charge on any atom is 0.255 e. The van der Waals surface area contributed by atoms with Crippen LogP contribution in [0.4, 0.5) is 5.69 Å². The number of rotatable bonds is 6. The van der Waals surface area contributed by atoms with Crippen LogP contribution in [-0.2, 0) is 10.5 Å². The minimum absolute atomic E-state index is 0.107. The molecule has 5 nitrogen and oxygen atoms in total. The van der Waals surface area contributed by atoms with Crippen molar-refractivity contribution in [1.82, 2.24) is 9.78 Å². The van der Waals surface area contributed by atoms with Gasteiger partial charge in [0.05, 0.1) is 11.4 Å². The minimum atomic E-state index is -0.107. The average molecular weight is 422 g/mol. The highest BCUT2D eigenvalue weighted by molar-refractivity contribution is 7.99. The van der Waals surface area contributed by atoms with Crippen LogP contribution in [-0.4, -0.2) is 34.2 Å². The van der Waals surface area contributed by atoms with Gasteiger partial charge in [0, 0.05) is 41.2 Å². The number of hydrogen-bond donors (Lipinski definition) is 1. The third-order valence-corrected chi connectivity index (χ3v) is 6.67. The van der Waals surface area contributed by atoms with E-state index in [0.717, 1.165) is 54.6 Å². The van der Waals surface area contributed by atoms with E-state index in [0.29, 0.717) is 10.8 Å². The molecule has 6 heteroatoms. The summed E-state index contributed by atoms with van der Waals surface area (Å²) >= 11 is 1.98. The molecular weight excluding hydrogens is 394 g/mol. The Morgan fingerprint density at radius 3 is 2.60 bits per heavy atom. The topological polar surface area (TPSA) is 56.2 Å². The van der Waals surface area contributed by atoms with Gasteiger partial charge >= 0.3 is 0 Å². The first-order valence-electron chi connectivity index (χ1n) is 10.3. The molecule has 1 saturated heterocycles. The SMILES string of the molecule is Cc1cc(C)n(-c2ccc(C(=O)Nc3cccc(CSC4CCOCC4)c3)cc2)n1. The molecule has 30 heavy (non-hydrogen) atoms. The lowest BCUT2D eigenvalue weighted by atomic mass is 10.1. The van der Waals surface area contributed by atoms with Crippen LogP contribution in [0.15, 0.2) is 54.6 Å². The van der Waals surface area contributed by atoms with Crippen LogP contribution >= 0.6 is 11.8 Å². The monoisotopic (exact) mass is 421 g/mol. The highest BCUT2D eigenvalue weighted by atomic mass is 32.2. The third-order valence-electron chi connectivity index (χ3n) is 5.22. The molecule has 0 atom stereocenters. The molecule has 0 bridgehead atoms. The van der Waals surface area contributed by atoms with Crippen molar-refractivity contribution in [3.63, 3.8) is 0 Å². The van der Waals surface area contributed by atoms with Crippen molar-refractivity contribution in [1.29, 1.82) is 0 Å². The van der Waals surface area contributed by atoms with E-state index in [1.165, 1.54) is 5.56 Å². The van der Waals surface area contributed by atoms with Crippen molar-refractivity contribution in [2.24, 2.45) is 0 Å². The molecule has 1 fully saturated rings. The first-order valence-corrected chi connectivity index (χ1v) is 11.4. The van der Waals surface area contributed by atoms with Gasteiger partial charge in [-0.15, -0.1) is 0 Å². The van der Waals surface area contributed by atoms with Gasteiger partial charge in [0.25, 0.3) is 5.91 Å². The van der Waals surface area contributed by atoms with E-state index in [1.54, 1.807) is 0 Å². The Labute approximate surface area is 181 Å². The van der Waals surface area contributed by atoms with E-state index in [9.17, 15) is 4.79 Å². The van der Waals surface area contributed by atoms with E-state index in [2.05, 4.69) is 22.5 Å². The van der Waals surface area contributed by atoms with Gasteiger partial charge in [0.2, 0.25) is 0 Å². The molecule has 0 unspecified atom stereocenters. The second-order valence-electron chi connectivity index (χ2n) is 7.66. The highest BCUT2D eigenvalue weighted by Gasteiger charge is 2.14. The number of thioether (sulfide) groups is 1. The van der Waals surface area contributed by atoms with Crippen molar-refractivity contribution in [3.05, 3.63) is 77.1 Å². The molecule has 156 valence electrons. The summed E-state index contributed by atoms with van der Waals surface area (Å²) < 4.78 is 7.32. The van der Waals surface area contributed by atoms with Crippen molar-refractivity contribution < 1.29 is 9.53 Å². The first kappa shape index (κ1) is 20.7. The summed E-state index contributed by atoms with van der Waals surface area (Å²) in [6.07, 6.45) is 2.24. The zero-order valence-electron chi connectivity index (χ0n) is 17.4. The van der Waals surface area contributed by atoms with Crippen molar-refractivity contribution in [2.45, 2.75) is 37.7 Å². The van der Waals surface area contributed by atoms with E-state index >= 15 is 0 Å². The van der Waals surface area contributed by atoms with Gasteiger partial charge in [-0.3, -0.25) is 4.79 Å². The highest BCUT2D eigenvalue weighted by Crippen LogP contribution is 2.26. The number of carbonyl (C=O) groups is 1. The number of ether oxygens (including phenoxy) is 1. The largest absolute Gasteiger partial charge is 0.381 e. The van der Waals surface area contributed by atoms with Crippen molar-refractivity contribution >= 4 is 23.4 Å². The van der Waals surface area contributed by atoms with Gasteiger partial charge in [-0.05, 0) is 74.7 Å². The molecule has 1 aliphatic heterocycles. The number of hydrogen-bond acceptors (Lipinski definition) is 4. The lowest BCUT2D eigenvalue weighted by Crippen LogP contribution is -2.17. The Morgan fingerprint density at radius 1 is 1.13 bits per heavy atom. The molecule has 4 rings (SSSR count). The summed E-state index contributed by atoms with van der Waals surface area (Å²) in [4.78, 5) is 12.7. The number of amides is 1. The second kappa shape index (κ2) is 9.49. The Kier molecular flexibility index (Phi) is 6.55. The normalized spacial score (nSPS) is 14.6. The molecule has 3 aromatic rings. The summed E-state index contributed by atoms with van der Waals surface area (Å²) in [5.41, 5.74) is 5.67. The zero-order chi connectivity index (χ0) is 20.9. The molecule has 1 amide bonds. The van der Waals surface area contributed by atoms with Crippen LogP contribution in [0, 0.1) is 13.8 Å². The average Bonchev–Trinajstić information content (AvgIpc) is 3.11. The quantitative estimate of drug-likeness (QED) is 0.598. The Bertz CT molecular complexity index is 1010. The maximum absolute atomic E-state index is 12.7. The van der Waals surface area contributed by atoms with Gasteiger partial charge in [0.1, 0.15) is 0 Å². The van der Waals surface area contributed by atoms with Crippen LogP contribution in [0.3, 0.4) is 0 Å². The van der Waals surface area contributed by atoms with Crippen LogP contribution in [0.25, 0.3) is 5.69 Å². The molecule has 0 spiro atoms. The number of nitrogens with one attached hydrogen (secondary N) is 1. The Balaban J connectivity index is 1.38. The Morgan fingerprint density at radius 2 is 1.90 bits per heavy atom. The molecule has 0 aliphatic carbocycles. The van der Waals surface area contributed by atoms with Gasteiger partial charge < -0.3 is 10.1 Å². The smallest absolute Gasteiger partial charge is 0.255 e. The van der Waals surface area contributed by atoms with Crippen molar-refractivity contribution in [2.75, 3.05) is 18.5 Å². The van der Waals surface area contributed by atoms with E-state index in [-0.39, 0.29) is 5.91 Å². The molecule has 1 aliphatic rings. The molecule has 1 aromatic heterocycles. The number of benzene rings is 2. The van der Waals surface area contributed by atoms with Gasteiger partial charge in [0.15, 0.2) is 0 Å². The molecule has 0 saturated carbocycles. The molecule has 2 aromatic carbocycles. The summed E-state index contributed by atoms with van der Waals surface area (Å²) in [5, 5.41) is 8.18. The van der Waals surface area contributed by atoms with Crippen LogP contribution in [0.5, 0.6) is 0 Å². The standard InChI is InChI=1S/C24H27N3O2S/c1-17-14-18(2)27(26-17)22-8-6-20(7-9-22)24(28)25-21-5-3-4-19(15-21)16-30-23-10-12-29-13-11-23/h3-9,14-15,23H,10-13,16H2,1-2H3,(H,25,28). The summed E-state index contributed by atoms with van der Waals surface area (Å²) in [7, 11) is 0. The first-order chi connectivity index (χ1) is 14.6. The molecule has 0 radical (unpaired) electrons. The Hall–Kier alpha value is -2.57. The summed E-state index contributed by atoms with van der Waals surface area (Å²) in [6.45, 7) is 5.73. The lowest BCUT2D eigenvalue weighted by molar-refractivity contribution is 0.1000. The van der Waals surface area contributed by atoms with Crippen molar-refractivity contribution in [3.8, 4) is 5.69 Å². The number of aromatic nitrogens is 2.